The molecule has 2 heterocycles. The van der Waals surface area contributed by atoms with Gasteiger partial charge in [0.15, 0.2) is 0 Å². The third-order valence-corrected chi connectivity index (χ3v) is 4.26. The Morgan fingerprint density at radius 1 is 1.19 bits per heavy atom. The summed E-state index contributed by atoms with van der Waals surface area (Å²) in [4.78, 5) is 41.0. The number of carbonyl (C=O) groups excluding carboxylic acids is 2. The van der Waals surface area contributed by atoms with Gasteiger partial charge in [-0.2, -0.15) is 0 Å². The van der Waals surface area contributed by atoms with Crippen molar-refractivity contribution in [3.8, 4) is 0 Å². The quantitative estimate of drug-likeness (QED) is 0.681. The topological polar surface area (TPSA) is 107 Å². The molecular weight excluding hydrogens is 400 g/mol. The second kappa shape index (κ2) is 7.09. The van der Waals surface area contributed by atoms with Crippen LogP contribution in [0.1, 0.15) is 16.1 Å². The highest BCUT2D eigenvalue weighted by Gasteiger charge is 2.17. The molecule has 2 aromatic heterocycles. The van der Waals surface area contributed by atoms with Crippen LogP contribution in [0, 0.1) is 6.92 Å². The zero-order valence-electron chi connectivity index (χ0n) is 13.8. The van der Waals surface area contributed by atoms with Crippen LogP contribution in [0.2, 0.25) is 0 Å². The van der Waals surface area contributed by atoms with Crippen LogP contribution >= 0.6 is 15.9 Å². The molecule has 0 saturated carbocycles. The Morgan fingerprint density at radius 3 is 2.54 bits per heavy atom. The molecule has 0 aliphatic heterocycles. The number of benzene rings is 1. The predicted octanol–water partition coefficient (Wildman–Crippen LogP) is 2.21. The molecule has 0 atom stereocenters. The van der Waals surface area contributed by atoms with Gasteiger partial charge in [0.05, 0.1) is 5.39 Å². The van der Waals surface area contributed by atoms with E-state index in [4.69, 9.17) is 5.73 Å². The van der Waals surface area contributed by atoms with E-state index in [9.17, 15) is 14.4 Å². The number of hydrogen-bond acceptors (Lipinski definition) is 4. The number of primary amides is 1. The number of hydrogen-bond donors (Lipinski definition) is 2. The first-order valence-corrected chi connectivity index (χ1v) is 8.50. The highest BCUT2D eigenvalue weighted by molar-refractivity contribution is 9.10. The summed E-state index contributed by atoms with van der Waals surface area (Å²) >= 11 is 3.32. The number of nitrogens with one attached hydrogen (secondary N) is 1. The van der Waals surface area contributed by atoms with Crippen LogP contribution in [-0.2, 0) is 11.3 Å². The Hall–Kier alpha value is -3.00. The number of pyridine rings is 2. The number of aryl methyl sites for hydroxylation is 1. The van der Waals surface area contributed by atoms with Crippen LogP contribution in [0.25, 0.3) is 11.0 Å². The van der Waals surface area contributed by atoms with Crippen molar-refractivity contribution < 1.29 is 9.59 Å². The number of fused-ring (bicyclic) bond motifs is 1. The van der Waals surface area contributed by atoms with E-state index < -0.39 is 17.2 Å². The van der Waals surface area contributed by atoms with E-state index in [0.717, 1.165) is 4.47 Å². The molecule has 0 aliphatic rings. The van der Waals surface area contributed by atoms with Crippen LogP contribution in [0.15, 0.2) is 51.9 Å². The lowest BCUT2D eigenvalue weighted by atomic mass is 10.1. The minimum atomic E-state index is -0.600. The molecule has 3 aromatic rings. The monoisotopic (exact) mass is 414 g/mol. The van der Waals surface area contributed by atoms with E-state index >= 15 is 0 Å². The molecule has 3 N–H and O–H groups in total. The second-order valence-corrected chi connectivity index (χ2v) is 6.67. The first-order valence-electron chi connectivity index (χ1n) is 7.71. The van der Waals surface area contributed by atoms with E-state index in [0.29, 0.717) is 17.0 Å². The molecule has 0 aliphatic carbocycles. The highest BCUT2D eigenvalue weighted by atomic mass is 79.9. The number of amides is 2. The number of nitrogens with zero attached hydrogens (tertiary/aromatic N) is 2. The Kier molecular flexibility index (Phi) is 4.85. The summed E-state index contributed by atoms with van der Waals surface area (Å²) in [5, 5.41) is 2.92. The molecular formula is C18H15BrN4O3. The fraction of sp³-hybridized carbons (Fsp3) is 0.111. The van der Waals surface area contributed by atoms with Gasteiger partial charge in [0, 0.05) is 22.1 Å². The van der Waals surface area contributed by atoms with E-state index in [1.165, 1.54) is 10.8 Å². The van der Waals surface area contributed by atoms with Crippen molar-refractivity contribution in [3.63, 3.8) is 0 Å². The lowest BCUT2D eigenvalue weighted by Crippen LogP contribution is -2.27. The summed E-state index contributed by atoms with van der Waals surface area (Å²) in [7, 11) is 0. The number of rotatable bonds is 4. The molecule has 8 heteroatoms. The fourth-order valence-corrected chi connectivity index (χ4v) is 2.81. The third kappa shape index (κ3) is 3.65. The lowest BCUT2D eigenvalue weighted by Gasteiger charge is -2.12. The van der Waals surface area contributed by atoms with Crippen molar-refractivity contribution in [2.24, 2.45) is 5.73 Å². The van der Waals surface area contributed by atoms with Gasteiger partial charge in [-0.3, -0.25) is 14.4 Å². The fourth-order valence-electron chi connectivity index (χ4n) is 2.54. The normalized spacial score (nSPS) is 10.7. The van der Waals surface area contributed by atoms with Crippen molar-refractivity contribution in [2.75, 3.05) is 5.32 Å². The lowest BCUT2D eigenvalue weighted by molar-refractivity contribution is -0.118. The highest BCUT2D eigenvalue weighted by Crippen LogP contribution is 2.16. The van der Waals surface area contributed by atoms with E-state index in [2.05, 4.69) is 26.2 Å². The van der Waals surface area contributed by atoms with Crippen LogP contribution in [0.4, 0.5) is 5.69 Å². The molecule has 0 radical (unpaired) electrons. The maximum absolute atomic E-state index is 12.7. The SMILES string of the molecule is Cc1ccc2c(=O)c(C(=O)Nc3ccc(Br)cc3)cn(CC(N)=O)c2n1. The first kappa shape index (κ1) is 17.8. The number of carbonyl (C=O) groups is 2. The van der Waals surface area contributed by atoms with Gasteiger partial charge in [-0.05, 0) is 43.3 Å². The van der Waals surface area contributed by atoms with Crippen molar-refractivity contribution in [2.45, 2.75) is 13.5 Å². The minimum absolute atomic E-state index is 0.0904. The van der Waals surface area contributed by atoms with Crippen molar-refractivity contribution in [1.82, 2.24) is 9.55 Å². The summed E-state index contributed by atoms with van der Waals surface area (Å²) in [6.07, 6.45) is 1.32. The van der Waals surface area contributed by atoms with Crippen molar-refractivity contribution >= 4 is 44.5 Å². The summed E-state index contributed by atoms with van der Waals surface area (Å²) in [5.41, 5.74) is 6.28. The molecule has 0 unspecified atom stereocenters. The van der Waals surface area contributed by atoms with Gasteiger partial charge in [0.1, 0.15) is 17.8 Å². The minimum Gasteiger partial charge on any atom is -0.368 e. The van der Waals surface area contributed by atoms with Gasteiger partial charge in [0.25, 0.3) is 5.91 Å². The van der Waals surface area contributed by atoms with Gasteiger partial charge in [-0.15, -0.1) is 0 Å². The average molecular weight is 415 g/mol. The van der Waals surface area contributed by atoms with Crippen LogP contribution < -0.4 is 16.5 Å². The number of aromatic nitrogens is 2. The summed E-state index contributed by atoms with van der Waals surface area (Å²) in [6, 6.07) is 10.2. The summed E-state index contributed by atoms with van der Waals surface area (Å²) in [5.74, 6) is -1.17. The van der Waals surface area contributed by atoms with Crippen molar-refractivity contribution in [3.05, 3.63) is 68.5 Å². The Morgan fingerprint density at radius 2 is 1.88 bits per heavy atom. The van der Waals surface area contributed by atoms with Gasteiger partial charge in [-0.1, -0.05) is 15.9 Å². The zero-order chi connectivity index (χ0) is 18.8. The van der Waals surface area contributed by atoms with E-state index in [1.807, 2.05) is 0 Å². The van der Waals surface area contributed by atoms with Gasteiger partial charge < -0.3 is 15.6 Å². The first-order chi connectivity index (χ1) is 12.3. The molecule has 3 rings (SSSR count). The average Bonchev–Trinajstić information content (AvgIpc) is 2.59. The van der Waals surface area contributed by atoms with Crippen molar-refractivity contribution in [1.29, 1.82) is 0 Å². The third-order valence-electron chi connectivity index (χ3n) is 3.73. The van der Waals surface area contributed by atoms with Crippen LogP contribution in [0.3, 0.4) is 0 Å². The standard InChI is InChI=1S/C18H15BrN4O3/c1-10-2-7-13-16(25)14(8-23(9-15(20)24)17(13)21-10)18(26)22-12-5-3-11(19)4-6-12/h2-8H,9H2,1H3,(H2,20,24)(H,22,26). The van der Waals surface area contributed by atoms with E-state index in [1.54, 1.807) is 43.3 Å². The molecule has 132 valence electrons. The molecule has 0 bridgehead atoms. The molecule has 7 nitrogen and oxygen atoms in total. The van der Waals surface area contributed by atoms with Crippen LogP contribution in [-0.4, -0.2) is 21.4 Å². The number of halogens is 1. The van der Waals surface area contributed by atoms with Gasteiger partial charge in [-0.25, -0.2) is 4.98 Å². The number of nitrogens with two attached hydrogens (primary N) is 1. The molecule has 0 spiro atoms. The second-order valence-electron chi connectivity index (χ2n) is 5.75. The van der Waals surface area contributed by atoms with E-state index in [-0.39, 0.29) is 17.5 Å². The smallest absolute Gasteiger partial charge is 0.261 e. The Balaban J connectivity index is 2.10. The molecule has 2 amide bonds. The molecule has 0 fully saturated rings. The largest absolute Gasteiger partial charge is 0.368 e. The molecule has 1 aromatic carbocycles. The maximum atomic E-state index is 12.7. The predicted molar refractivity (Wildman–Crippen MR) is 102 cm³/mol. The Bertz CT molecular complexity index is 1070. The summed E-state index contributed by atoms with van der Waals surface area (Å²) < 4.78 is 2.29. The van der Waals surface area contributed by atoms with Gasteiger partial charge >= 0.3 is 0 Å². The van der Waals surface area contributed by atoms with Gasteiger partial charge in [0.2, 0.25) is 11.3 Å². The van der Waals surface area contributed by atoms with Crippen LogP contribution in [0.5, 0.6) is 0 Å². The molecule has 26 heavy (non-hydrogen) atoms. The summed E-state index contributed by atoms with van der Waals surface area (Å²) in [6.45, 7) is 1.58. The molecule has 0 saturated heterocycles. The zero-order valence-corrected chi connectivity index (χ0v) is 15.4. The Labute approximate surface area is 157 Å². The maximum Gasteiger partial charge on any atom is 0.261 e. The number of anilines is 1.